The van der Waals surface area contributed by atoms with Crippen LogP contribution in [0.4, 0.5) is 4.79 Å². The van der Waals surface area contributed by atoms with Crippen molar-refractivity contribution in [2.75, 3.05) is 13.2 Å². The lowest BCUT2D eigenvalue weighted by Crippen LogP contribution is -2.50. The van der Waals surface area contributed by atoms with Gasteiger partial charge in [0.15, 0.2) is 0 Å². The van der Waals surface area contributed by atoms with Gasteiger partial charge in [-0.1, -0.05) is 19.3 Å². The summed E-state index contributed by atoms with van der Waals surface area (Å²) >= 11 is 0. The van der Waals surface area contributed by atoms with Crippen LogP contribution < -0.4 is 0 Å². The molecule has 1 aliphatic heterocycles. The van der Waals surface area contributed by atoms with Crippen LogP contribution in [0, 0.1) is 0 Å². The van der Waals surface area contributed by atoms with Crippen molar-refractivity contribution in [2.45, 2.75) is 96.6 Å². The first kappa shape index (κ1) is 18.5. The van der Waals surface area contributed by atoms with Gasteiger partial charge in [0.1, 0.15) is 11.3 Å². The Hall–Kier alpha value is -0.810. The van der Waals surface area contributed by atoms with E-state index in [0.717, 1.165) is 6.42 Å². The van der Waals surface area contributed by atoms with Crippen molar-refractivity contribution in [3.63, 3.8) is 0 Å². The van der Waals surface area contributed by atoms with Crippen LogP contribution in [-0.4, -0.2) is 47.7 Å². The molecule has 0 spiro atoms. The predicted octanol–water partition coefficient (Wildman–Crippen LogP) is 4.10. The number of rotatable bonds is 4. The van der Waals surface area contributed by atoms with Crippen molar-refractivity contribution in [3.8, 4) is 0 Å². The SMILES string of the molecule is CC(C)(C)OC(=O)N1C(CCOC2CCCCC2)COC1(C)C. The molecule has 0 aromatic carbocycles. The molecule has 2 fully saturated rings. The van der Waals surface area contributed by atoms with Crippen molar-refractivity contribution in [1.29, 1.82) is 0 Å². The molecule has 5 heteroatoms. The first-order chi connectivity index (χ1) is 10.7. The zero-order valence-corrected chi connectivity index (χ0v) is 15.4. The molecule has 0 aromatic rings. The summed E-state index contributed by atoms with van der Waals surface area (Å²) in [4.78, 5) is 14.3. The topological polar surface area (TPSA) is 48.0 Å². The zero-order chi connectivity index (χ0) is 17.1. The van der Waals surface area contributed by atoms with E-state index in [1.807, 2.05) is 34.6 Å². The summed E-state index contributed by atoms with van der Waals surface area (Å²) in [5.41, 5.74) is -1.13. The van der Waals surface area contributed by atoms with Gasteiger partial charge in [-0.05, 0) is 53.9 Å². The Morgan fingerprint density at radius 3 is 2.48 bits per heavy atom. The van der Waals surface area contributed by atoms with Gasteiger partial charge < -0.3 is 14.2 Å². The molecule has 0 aromatic heterocycles. The van der Waals surface area contributed by atoms with Crippen LogP contribution in [0.1, 0.15) is 73.1 Å². The molecule has 134 valence electrons. The number of carbonyl (C=O) groups excluding carboxylic acids is 1. The van der Waals surface area contributed by atoms with Crippen LogP contribution in [0.2, 0.25) is 0 Å². The maximum atomic E-state index is 12.5. The Bertz CT molecular complexity index is 396. The molecule has 0 N–H and O–H groups in total. The minimum atomic E-state index is -0.627. The average Bonchev–Trinajstić information content (AvgIpc) is 2.73. The molecule has 1 amide bonds. The molecule has 1 heterocycles. The van der Waals surface area contributed by atoms with E-state index < -0.39 is 11.3 Å². The second kappa shape index (κ2) is 7.39. The van der Waals surface area contributed by atoms with Gasteiger partial charge in [0.2, 0.25) is 0 Å². The van der Waals surface area contributed by atoms with E-state index in [-0.39, 0.29) is 12.1 Å². The lowest BCUT2D eigenvalue weighted by atomic mass is 9.98. The van der Waals surface area contributed by atoms with Crippen LogP contribution in [0.15, 0.2) is 0 Å². The minimum absolute atomic E-state index is 0.0171. The molecule has 1 saturated carbocycles. The van der Waals surface area contributed by atoms with E-state index in [9.17, 15) is 4.79 Å². The van der Waals surface area contributed by atoms with Gasteiger partial charge in [0, 0.05) is 6.61 Å². The van der Waals surface area contributed by atoms with Crippen LogP contribution in [0.5, 0.6) is 0 Å². The maximum absolute atomic E-state index is 12.5. The molecule has 2 aliphatic rings. The molecule has 0 bridgehead atoms. The molecule has 2 rings (SSSR count). The first-order valence-electron chi connectivity index (χ1n) is 8.97. The summed E-state index contributed by atoms with van der Waals surface area (Å²) in [7, 11) is 0. The fourth-order valence-corrected chi connectivity index (χ4v) is 3.38. The maximum Gasteiger partial charge on any atom is 0.412 e. The monoisotopic (exact) mass is 327 g/mol. The smallest absolute Gasteiger partial charge is 0.412 e. The van der Waals surface area contributed by atoms with Crippen LogP contribution >= 0.6 is 0 Å². The third-order valence-corrected chi connectivity index (χ3v) is 4.52. The van der Waals surface area contributed by atoms with Crippen molar-refractivity contribution in [2.24, 2.45) is 0 Å². The van der Waals surface area contributed by atoms with E-state index in [2.05, 4.69) is 0 Å². The third-order valence-electron chi connectivity index (χ3n) is 4.52. The summed E-state index contributed by atoms with van der Waals surface area (Å²) in [6.07, 6.45) is 7.10. The van der Waals surface area contributed by atoms with Gasteiger partial charge in [0.05, 0.1) is 18.8 Å². The Labute approximate surface area is 140 Å². The van der Waals surface area contributed by atoms with Crippen LogP contribution in [0.3, 0.4) is 0 Å². The summed E-state index contributed by atoms with van der Waals surface area (Å²) < 4.78 is 17.4. The number of hydrogen-bond donors (Lipinski definition) is 0. The van der Waals surface area contributed by atoms with Crippen molar-refractivity contribution >= 4 is 6.09 Å². The van der Waals surface area contributed by atoms with Crippen LogP contribution in [0.25, 0.3) is 0 Å². The number of nitrogens with zero attached hydrogens (tertiary/aromatic N) is 1. The highest BCUT2D eigenvalue weighted by atomic mass is 16.6. The second-order valence-corrected chi connectivity index (χ2v) is 8.18. The highest BCUT2D eigenvalue weighted by Crippen LogP contribution is 2.31. The molecular weight excluding hydrogens is 294 g/mol. The highest BCUT2D eigenvalue weighted by molar-refractivity contribution is 5.69. The fraction of sp³-hybridized carbons (Fsp3) is 0.944. The van der Waals surface area contributed by atoms with Gasteiger partial charge in [-0.3, -0.25) is 4.90 Å². The summed E-state index contributed by atoms with van der Waals surface area (Å²) in [5.74, 6) is 0. The molecule has 1 saturated heterocycles. The van der Waals surface area contributed by atoms with Gasteiger partial charge in [-0.15, -0.1) is 0 Å². The molecule has 23 heavy (non-hydrogen) atoms. The number of carbonyl (C=O) groups is 1. The van der Waals surface area contributed by atoms with Crippen LogP contribution in [-0.2, 0) is 14.2 Å². The zero-order valence-electron chi connectivity index (χ0n) is 15.4. The Kier molecular flexibility index (Phi) is 5.95. The fourth-order valence-electron chi connectivity index (χ4n) is 3.38. The van der Waals surface area contributed by atoms with Crippen molar-refractivity contribution in [3.05, 3.63) is 0 Å². The largest absolute Gasteiger partial charge is 0.444 e. The van der Waals surface area contributed by atoms with E-state index in [1.54, 1.807) is 4.90 Å². The Balaban J connectivity index is 1.87. The number of amides is 1. The van der Waals surface area contributed by atoms with Gasteiger partial charge in [-0.25, -0.2) is 4.79 Å². The third kappa shape index (κ3) is 5.35. The van der Waals surface area contributed by atoms with Gasteiger partial charge in [-0.2, -0.15) is 0 Å². The molecule has 1 aliphatic carbocycles. The normalized spacial score (nSPS) is 25.6. The predicted molar refractivity (Wildman–Crippen MR) is 89.3 cm³/mol. The van der Waals surface area contributed by atoms with E-state index in [4.69, 9.17) is 14.2 Å². The van der Waals surface area contributed by atoms with Crippen molar-refractivity contribution < 1.29 is 19.0 Å². The molecular formula is C18H33NO4. The van der Waals surface area contributed by atoms with E-state index in [1.165, 1.54) is 32.1 Å². The van der Waals surface area contributed by atoms with Gasteiger partial charge >= 0.3 is 6.09 Å². The first-order valence-corrected chi connectivity index (χ1v) is 8.97. The second-order valence-electron chi connectivity index (χ2n) is 8.18. The summed E-state index contributed by atoms with van der Waals surface area (Å²) in [6, 6.07) is 0.0171. The van der Waals surface area contributed by atoms with E-state index in [0.29, 0.717) is 19.3 Å². The quantitative estimate of drug-likeness (QED) is 0.780. The molecule has 0 radical (unpaired) electrons. The van der Waals surface area contributed by atoms with Gasteiger partial charge in [0.25, 0.3) is 0 Å². The Morgan fingerprint density at radius 2 is 1.87 bits per heavy atom. The summed E-state index contributed by atoms with van der Waals surface area (Å²) in [5, 5.41) is 0. The molecule has 5 nitrogen and oxygen atoms in total. The summed E-state index contributed by atoms with van der Waals surface area (Å²) in [6.45, 7) is 10.7. The lowest BCUT2D eigenvalue weighted by molar-refractivity contribution is -0.0639. The molecule has 1 unspecified atom stereocenters. The minimum Gasteiger partial charge on any atom is -0.444 e. The number of ether oxygens (including phenoxy) is 3. The highest BCUT2D eigenvalue weighted by Gasteiger charge is 2.45. The molecule has 1 atom stereocenters. The standard InChI is InChI=1S/C18H33NO4/c1-17(2,3)23-16(20)19-14(13-22-18(19,4)5)11-12-21-15-9-7-6-8-10-15/h14-15H,6-13H2,1-5H3. The Morgan fingerprint density at radius 1 is 1.22 bits per heavy atom. The van der Waals surface area contributed by atoms with E-state index >= 15 is 0 Å². The van der Waals surface area contributed by atoms with Crippen molar-refractivity contribution in [1.82, 2.24) is 4.90 Å². The lowest BCUT2D eigenvalue weighted by Gasteiger charge is -2.35. The number of hydrogen-bond acceptors (Lipinski definition) is 4. The average molecular weight is 327 g/mol.